The number of anilines is 1. The summed E-state index contributed by atoms with van der Waals surface area (Å²) < 4.78 is 31.1. The van der Waals surface area contributed by atoms with Crippen LogP contribution in [-0.4, -0.2) is 4.98 Å². The average molecular weight is 242 g/mol. The smallest absolute Gasteiger partial charge is 0.168 e. The van der Waals surface area contributed by atoms with Crippen molar-refractivity contribution in [3.63, 3.8) is 0 Å². The molecule has 2 aromatic rings. The molecule has 0 radical (unpaired) electrons. The number of nitrogens with two attached hydrogens (primary N) is 1. The van der Waals surface area contributed by atoms with Crippen LogP contribution in [0.3, 0.4) is 0 Å². The Morgan fingerprint density at radius 1 is 1.38 bits per heavy atom. The van der Waals surface area contributed by atoms with Gasteiger partial charge in [-0.2, -0.15) is 0 Å². The fraction of sp³-hybridized carbons (Fsp3) is 0.100. The van der Waals surface area contributed by atoms with Crippen molar-refractivity contribution in [2.75, 3.05) is 5.73 Å². The Labute approximate surface area is 94.7 Å². The quantitative estimate of drug-likeness (QED) is 0.841. The lowest BCUT2D eigenvalue weighted by atomic mass is 10.4. The second kappa shape index (κ2) is 4.52. The van der Waals surface area contributed by atoms with Crippen molar-refractivity contribution >= 4 is 17.6 Å². The van der Waals surface area contributed by atoms with E-state index < -0.39 is 11.6 Å². The molecular formula is C10H8F2N2OS. The molecule has 16 heavy (non-hydrogen) atoms. The first-order chi connectivity index (χ1) is 7.66. The van der Waals surface area contributed by atoms with E-state index in [1.165, 1.54) is 6.26 Å². The van der Waals surface area contributed by atoms with Crippen molar-refractivity contribution < 1.29 is 13.2 Å². The second-order valence-electron chi connectivity index (χ2n) is 3.01. The molecule has 0 aliphatic rings. The molecule has 2 aromatic heterocycles. The van der Waals surface area contributed by atoms with E-state index in [4.69, 9.17) is 10.2 Å². The molecule has 2 N–H and O–H groups in total. The van der Waals surface area contributed by atoms with Gasteiger partial charge in [0.2, 0.25) is 0 Å². The first-order valence-corrected chi connectivity index (χ1v) is 5.42. The average Bonchev–Trinajstić information content (AvgIpc) is 2.74. The van der Waals surface area contributed by atoms with E-state index in [1.807, 2.05) is 0 Å². The highest BCUT2D eigenvalue weighted by Gasteiger charge is 2.10. The summed E-state index contributed by atoms with van der Waals surface area (Å²) in [6.07, 6.45) is 1.53. The van der Waals surface area contributed by atoms with E-state index in [0.29, 0.717) is 11.5 Å². The van der Waals surface area contributed by atoms with Crippen LogP contribution in [0, 0.1) is 11.6 Å². The highest BCUT2D eigenvalue weighted by Crippen LogP contribution is 2.25. The Bertz CT molecular complexity index is 488. The van der Waals surface area contributed by atoms with Gasteiger partial charge in [-0.3, -0.25) is 0 Å². The molecule has 0 saturated carbocycles. The standard InChI is InChI=1S/C10H8F2N2OS/c11-7-4-8(12)10(14-9(7)13)16-5-6-2-1-3-15-6/h1-4H,5H2,(H2,13,14). The molecule has 0 aliphatic heterocycles. The van der Waals surface area contributed by atoms with Gasteiger partial charge in [0.25, 0.3) is 0 Å². The summed E-state index contributed by atoms with van der Waals surface area (Å²) in [6, 6.07) is 4.23. The van der Waals surface area contributed by atoms with Crippen molar-refractivity contribution in [2.45, 2.75) is 10.8 Å². The second-order valence-corrected chi connectivity index (χ2v) is 3.97. The van der Waals surface area contributed by atoms with E-state index >= 15 is 0 Å². The minimum atomic E-state index is -0.847. The maximum absolute atomic E-state index is 13.2. The molecule has 0 amide bonds. The fourth-order valence-corrected chi connectivity index (χ4v) is 1.90. The van der Waals surface area contributed by atoms with Crippen LogP contribution >= 0.6 is 11.8 Å². The number of thioether (sulfide) groups is 1. The number of furan rings is 1. The summed E-state index contributed by atoms with van der Waals surface area (Å²) in [4.78, 5) is 3.62. The first kappa shape index (κ1) is 10.9. The molecule has 0 fully saturated rings. The molecule has 0 unspecified atom stereocenters. The summed E-state index contributed by atoms with van der Waals surface area (Å²) >= 11 is 1.10. The zero-order chi connectivity index (χ0) is 11.5. The highest BCUT2D eigenvalue weighted by molar-refractivity contribution is 7.98. The summed E-state index contributed by atoms with van der Waals surface area (Å²) in [6.45, 7) is 0. The van der Waals surface area contributed by atoms with Crippen molar-refractivity contribution in [3.8, 4) is 0 Å². The zero-order valence-electron chi connectivity index (χ0n) is 8.11. The molecule has 6 heteroatoms. The van der Waals surface area contributed by atoms with Crippen LogP contribution in [0.1, 0.15) is 5.76 Å². The maximum atomic E-state index is 13.2. The van der Waals surface area contributed by atoms with Crippen LogP contribution in [0.4, 0.5) is 14.6 Å². The number of nitrogens with zero attached hydrogens (tertiary/aromatic N) is 1. The highest BCUT2D eigenvalue weighted by atomic mass is 32.2. The van der Waals surface area contributed by atoms with Crippen LogP contribution in [0.15, 0.2) is 33.9 Å². The Morgan fingerprint density at radius 2 is 2.19 bits per heavy atom. The normalized spacial score (nSPS) is 10.6. The Hall–Kier alpha value is -1.56. The van der Waals surface area contributed by atoms with Crippen LogP contribution < -0.4 is 5.73 Å². The number of halogens is 2. The van der Waals surface area contributed by atoms with Gasteiger partial charge in [-0.25, -0.2) is 13.8 Å². The van der Waals surface area contributed by atoms with Gasteiger partial charge >= 0.3 is 0 Å². The van der Waals surface area contributed by atoms with Crippen LogP contribution in [0.25, 0.3) is 0 Å². The Kier molecular flexibility index (Phi) is 3.09. The predicted octanol–water partition coefficient (Wildman–Crippen LogP) is 2.83. The third kappa shape index (κ3) is 2.33. The van der Waals surface area contributed by atoms with Crippen molar-refractivity contribution in [1.29, 1.82) is 0 Å². The van der Waals surface area contributed by atoms with Crippen molar-refractivity contribution in [3.05, 3.63) is 41.9 Å². The van der Waals surface area contributed by atoms with Crippen LogP contribution in [0.2, 0.25) is 0 Å². The molecule has 0 saturated heterocycles. The van der Waals surface area contributed by atoms with Gasteiger partial charge in [0.15, 0.2) is 17.5 Å². The Balaban J connectivity index is 2.12. The summed E-state index contributed by atoms with van der Waals surface area (Å²) in [5.41, 5.74) is 5.25. The SMILES string of the molecule is Nc1nc(SCc2ccco2)c(F)cc1F. The monoisotopic (exact) mass is 242 g/mol. The maximum Gasteiger partial charge on any atom is 0.168 e. The molecule has 0 bridgehead atoms. The Morgan fingerprint density at radius 3 is 2.88 bits per heavy atom. The van der Waals surface area contributed by atoms with Crippen molar-refractivity contribution in [1.82, 2.24) is 4.98 Å². The van der Waals surface area contributed by atoms with Gasteiger partial charge in [0, 0.05) is 6.07 Å². The summed E-state index contributed by atoms with van der Waals surface area (Å²) in [5.74, 6) is -0.761. The largest absolute Gasteiger partial charge is 0.468 e. The number of pyridine rings is 1. The van der Waals surface area contributed by atoms with Gasteiger partial charge < -0.3 is 10.2 Å². The molecule has 2 heterocycles. The summed E-state index contributed by atoms with van der Waals surface area (Å²) in [5, 5.41) is 0.0651. The molecule has 0 spiro atoms. The molecule has 3 nitrogen and oxygen atoms in total. The molecule has 0 aromatic carbocycles. The first-order valence-electron chi connectivity index (χ1n) is 4.43. The zero-order valence-corrected chi connectivity index (χ0v) is 8.93. The lowest BCUT2D eigenvalue weighted by Gasteiger charge is -2.02. The molecule has 0 aliphatic carbocycles. The molecule has 2 rings (SSSR count). The number of nitrogen functional groups attached to an aromatic ring is 1. The lowest BCUT2D eigenvalue weighted by molar-refractivity contribution is 0.529. The lowest BCUT2D eigenvalue weighted by Crippen LogP contribution is -1.98. The van der Waals surface area contributed by atoms with E-state index in [9.17, 15) is 8.78 Å². The number of hydrogen-bond acceptors (Lipinski definition) is 4. The van der Waals surface area contributed by atoms with E-state index in [1.54, 1.807) is 12.1 Å². The molecule has 84 valence electrons. The van der Waals surface area contributed by atoms with Crippen molar-refractivity contribution in [2.24, 2.45) is 0 Å². The molecule has 0 atom stereocenters. The van der Waals surface area contributed by atoms with E-state index in [-0.39, 0.29) is 10.8 Å². The number of rotatable bonds is 3. The molecular weight excluding hydrogens is 234 g/mol. The number of hydrogen-bond donors (Lipinski definition) is 1. The topological polar surface area (TPSA) is 52.0 Å². The fourth-order valence-electron chi connectivity index (χ4n) is 1.10. The van der Waals surface area contributed by atoms with Crippen LogP contribution in [0.5, 0.6) is 0 Å². The van der Waals surface area contributed by atoms with E-state index in [0.717, 1.165) is 17.8 Å². The third-order valence-electron chi connectivity index (χ3n) is 1.86. The van der Waals surface area contributed by atoms with Crippen LogP contribution in [-0.2, 0) is 5.75 Å². The van der Waals surface area contributed by atoms with Gasteiger partial charge in [-0.15, -0.1) is 0 Å². The third-order valence-corrected chi connectivity index (χ3v) is 2.84. The minimum Gasteiger partial charge on any atom is -0.468 e. The summed E-state index contributed by atoms with van der Waals surface area (Å²) in [7, 11) is 0. The van der Waals surface area contributed by atoms with E-state index in [2.05, 4.69) is 4.98 Å². The van der Waals surface area contributed by atoms with Gasteiger partial charge in [0.05, 0.1) is 12.0 Å². The minimum absolute atomic E-state index is 0.0651. The van der Waals surface area contributed by atoms with Gasteiger partial charge in [0.1, 0.15) is 10.8 Å². The number of aromatic nitrogens is 1. The van der Waals surface area contributed by atoms with Gasteiger partial charge in [-0.05, 0) is 12.1 Å². The van der Waals surface area contributed by atoms with Gasteiger partial charge in [-0.1, -0.05) is 11.8 Å². The predicted molar refractivity (Wildman–Crippen MR) is 56.8 cm³/mol.